The summed E-state index contributed by atoms with van der Waals surface area (Å²) in [6.45, 7) is 0. The number of hydrogen-bond donors (Lipinski definition) is 1. The highest BCUT2D eigenvalue weighted by Crippen LogP contribution is 2.65. The van der Waals surface area contributed by atoms with Crippen molar-refractivity contribution < 1.29 is 9.59 Å². The van der Waals surface area contributed by atoms with Gasteiger partial charge in [0.2, 0.25) is 11.8 Å². The summed E-state index contributed by atoms with van der Waals surface area (Å²) in [6.07, 6.45) is 8.36. The van der Waals surface area contributed by atoms with Gasteiger partial charge in [0.25, 0.3) is 0 Å². The maximum Gasteiger partial charge on any atom is 0.240 e. The number of rotatable bonds is 3. The number of halogens is 1. The first kappa shape index (κ1) is 16.8. The van der Waals surface area contributed by atoms with Crippen molar-refractivity contribution in [3.8, 4) is 0 Å². The van der Waals surface area contributed by atoms with Crippen LogP contribution in [0.25, 0.3) is 0 Å². The van der Waals surface area contributed by atoms with Crippen LogP contribution in [-0.2, 0) is 16.0 Å². The van der Waals surface area contributed by atoms with Gasteiger partial charge >= 0.3 is 0 Å². The van der Waals surface area contributed by atoms with Crippen LogP contribution in [0.15, 0.2) is 24.3 Å². The average Bonchev–Trinajstić information content (AvgIpc) is 2.91. The number of alkyl halides is 1. The molecule has 3 atom stereocenters. The number of hydrogen-bond acceptors (Lipinski definition) is 2. The third-order valence-electron chi connectivity index (χ3n) is 7.21. The summed E-state index contributed by atoms with van der Waals surface area (Å²) in [4.78, 5) is 27.1. The van der Waals surface area contributed by atoms with E-state index in [0.29, 0.717) is 12.8 Å². The highest BCUT2D eigenvalue weighted by molar-refractivity contribution is 9.10. The molecule has 0 saturated heterocycles. The number of carbonyl (C=O) groups excluding carboxylic acids is 2. The zero-order valence-electron chi connectivity index (χ0n) is 14.9. The molecule has 26 heavy (non-hydrogen) atoms. The van der Waals surface area contributed by atoms with Gasteiger partial charge in [-0.2, -0.15) is 0 Å². The number of para-hydroxylation sites is 1. The van der Waals surface area contributed by atoms with Crippen LogP contribution in [0.5, 0.6) is 0 Å². The SMILES string of the molecule is NC(=O)[C@@H]1Cc2ccccc2N1C(=O)CC12C[C@H]3C[C@@H](CC(Br)(C3)C1)C2. The maximum absolute atomic E-state index is 13.4. The molecule has 0 spiro atoms. The molecule has 0 unspecified atom stereocenters. The van der Waals surface area contributed by atoms with E-state index in [4.69, 9.17) is 5.73 Å². The van der Waals surface area contributed by atoms with E-state index < -0.39 is 11.9 Å². The summed E-state index contributed by atoms with van der Waals surface area (Å²) < 4.78 is 0.239. The van der Waals surface area contributed by atoms with E-state index in [2.05, 4.69) is 15.9 Å². The van der Waals surface area contributed by atoms with Gasteiger partial charge < -0.3 is 5.73 Å². The Morgan fingerprint density at radius 2 is 1.85 bits per heavy atom. The highest BCUT2D eigenvalue weighted by Gasteiger charge is 2.57. The molecule has 2 N–H and O–H groups in total. The molecule has 0 radical (unpaired) electrons. The van der Waals surface area contributed by atoms with Crippen LogP contribution in [0.2, 0.25) is 0 Å². The van der Waals surface area contributed by atoms with Crippen molar-refractivity contribution in [1.29, 1.82) is 0 Å². The molecule has 2 amide bonds. The van der Waals surface area contributed by atoms with Crippen LogP contribution in [0, 0.1) is 17.3 Å². The molecule has 1 heterocycles. The predicted molar refractivity (Wildman–Crippen MR) is 104 cm³/mol. The van der Waals surface area contributed by atoms with E-state index in [1.807, 2.05) is 24.3 Å². The fourth-order valence-corrected chi connectivity index (χ4v) is 8.38. The first-order valence-corrected chi connectivity index (χ1v) is 10.5. The van der Waals surface area contributed by atoms with Gasteiger partial charge in [-0.25, -0.2) is 0 Å². The second kappa shape index (κ2) is 5.57. The number of anilines is 1. The van der Waals surface area contributed by atoms with E-state index in [1.165, 1.54) is 32.1 Å². The third kappa shape index (κ3) is 2.54. The van der Waals surface area contributed by atoms with Crippen LogP contribution in [0.3, 0.4) is 0 Å². The zero-order chi connectivity index (χ0) is 18.1. The molecule has 4 fully saturated rings. The van der Waals surface area contributed by atoms with Gasteiger partial charge in [-0.3, -0.25) is 14.5 Å². The number of amides is 2. The Labute approximate surface area is 162 Å². The van der Waals surface area contributed by atoms with Crippen molar-refractivity contribution in [2.75, 3.05) is 4.90 Å². The van der Waals surface area contributed by atoms with Crippen LogP contribution in [0.4, 0.5) is 5.69 Å². The lowest BCUT2D eigenvalue weighted by Gasteiger charge is -2.60. The molecule has 1 aromatic carbocycles. The van der Waals surface area contributed by atoms with E-state index >= 15 is 0 Å². The summed E-state index contributed by atoms with van der Waals surface area (Å²) in [7, 11) is 0. The number of fused-ring (bicyclic) bond motifs is 1. The van der Waals surface area contributed by atoms with Crippen molar-refractivity contribution in [2.45, 2.75) is 61.7 Å². The van der Waals surface area contributed by atoms with Gasteiger partial charge in [-0.1, -0.05) is 34.1 Å². The number of nitrogens with zero attached hydrogens (tertiary/aromatic N) is 1. The number of primary amides is 1. The zero-order valence-corrected chi connectivity index (χ0v) is 16.5. The Balaban J connectivity index is 1.44. The van der Waals surface area contributed by atoms with Crippen LogP contribution < -0.4 is 10.6 Å². The quantitative estimate of drug-likeness (QED) is 0.765. The summed E-state index contributed by atoms with van der Waals surface area (Å²) in [6, 6.07) is 7.30. The number of carbonyl (C=O) groups is 2. The molecule has 6 rings (SSSR count). The van der Waals surface area contributed by atoms with E-state index in [-0.39, 0.29) is 15.6 Å². The fraction of sp³-hybridized carbons (Fsp3) is 0.619. The van der Waals surface area contributed by atoms with Crippen molar-refractivity contribution in [3.05, 3.63) is 29.8 Å². The molecule has 5 aliphatic rings. The summed E-state index contributed by atoms with van der Waals surface area (Å²) in [5.41, 5.74) is 7.67. The van der Waals surface area contributed by atoms with Gasteiger partial charge in [0.1, 0.15) is 6.04 Å². The minimum absolute atomic E-state index is 0.0804. The maximum atomic E-state index is 13.4. The number of nitrogens with two attached hydrogens (primary N) is 1. The molecule has 4 nitrogen and oxygen atoms in total. The highest BCUT2D eigenvalue weighted by atomic mass is 79.9. The molecule has 0 aromatic heterocycles. The smallest absolute Gasteiger partial charge is 0.240 e. The predicted octanol–water partition coefficient (Wildman–Crippen LogP) is 3.55. The molecule has 5 heteroatoms. The topological polar surface area (TPSA) is 63.4 Å². The van der Waals surface area contributed by atoms with Gasteiger partial charge in [-0.15, -0.1) is 0 Å². The van der Waals surface area contributed by atoms with Gasteiger partial charge in [0.15, 0.2) is 0 Å². The Bertz CT molecular complexity index is 778. The van der Waals surface area contributed by atoms with Crippen molar-refractivity contribution in [3.63, 3.8) is 0 Å². The van der Waals surface area contributed by atoms with E-state index in [0.717, 1.165) is 29.5 Å². The minimum Gasteiger partial charge on any atom is -0.368 e. The van der Waals surface area contributed by atoms with Crippen molar-refractivity contribution >= 4 is 33.4 Å². The summed E-state index contributed by atoms with van der Waals surface area (Å²) in [5.74, 6) is 1.18. The monoisotopic (exact) mass is 416 g/mol. The standard InChI is InChI=1S/C21H25BrN2O2/c22-21-9-13-5-14(10-21)8-20(7-13,12-21)11-18(25)24-16-4-2-1-3-15(16)6-17(24)19(23)26/h1-4,13-14,17H,5-12H2,(H2,23,26)/t13-,14-,17+,20?,21?/m1/s1. The van der Waals surface area contributed by atoms with Gasteiger partial charge in [0, 0.05) is 22.9 Å². The second-order valence-corrected chi connectivity index (χ2v) is 11.0. The first-order chi connectivity index (χ1) is 12.4. The Hall–Kier alpha value is -1.36. The second-order valence-electron chi connectivity index (χ2n) is 9.30. The van der Waals surface area contributed by atoms with E-state index in [9.17, 15) is 9.59 Å². The lowest BCUT2D eigenvalue weighted by Crippen LogP contribution is -2.55. The normalized spacial score (nSPS) is 39.9. The molecular weight excluding hydrogens is 392 g/mol. The Morgan fingerprint density at radius 1 is 1.15 bits per heavy atom. The van der Waals surface area contributed by atoms with Gasteiger partial charge in [0.05, 0.1) is 0 Å². The van der Waals surface area contributed by atoms with E-state index in [1.54, 1.807) is 4.90 Å². The Morgan fingerprint density at radius 3 is 2.50 bits per heavy atom. The summed E-state index contributed by atoms with van der Waals surface area (Å²) >= 11 is 4.03. The third-order valence-corrected chi connectivity index (χ3v) is 8.14. The Kier molecular flexibility index (Phi) is 3.60. The minimum atomic E-state index is -0.535. The van der Waals surface area contributed by atoms with Crippen LogP contribution in [0.1, 0.15) is 50.5 Å². The fourth-order valence-electron chi connectivity index (χ4n) is 6.87. The summed E-state index contributed by atoms with van der Waals surface area (Å²) in [5, 5.41) is 0. The molecule has 4 saturated carbocycles. The molecule has 4 aliphatic carbocycles. The van der Waals surface area contributed by atoms with Crippen molar-refractivity contribution in [2.24, 2.45) is 23.0 Å². The van der Waals surface area contributed by atoms with Gasteiger partial charge in [-0.05, 0) is 67.4 Å². The average molecular weight is 417 g/mol. The molecular formula is C21H25BrN2O2. The lowest BCUT2D eigenvalue weighted by atomic mass is 9.48. The first-order valence-electron chi connectivity index (χ1n) is 9.75. The molecule has 138 valence electrons. The largest absolute Gasteiger partial charge is 0.368 e. The molecule has 4 bridgehead atoms. The van der Waals surface area contributed by atoms with Crippen LogP contribution >= 0.6 is 15.9 Å². The number of benzene rings is 1. The van der Waals surface area contributed by atoms with Crippen LogP contribution in [-0.4, -0.2) is 22.2 Å². The molecule has 1 aliphatic heterocycles. The lowest BCUT2D eigenvalue weighted by molar-refractivity contribution is -0.128. The molecule has 1 aromatic rings. The van der Waals surface area contributed by atoms with Crippen molar-refractivity contribution in [1.82, 2.24) is 0 Å².